The molecule has 2 nitrogen and oxygen atoms in total. The molecule has 0 saturated carbocycles. The van der Waals surface area contributed by atoms with Crippen molar-refractivity contribution in [1.82, 2.24) is 0 Å². The van der Waals surface area contributed by atoms with E-state index in [1.165, 1.54) is 0 Å². The fourth-order valence-electron chi connectivity index (χ4n) is 0. The van der Waals surface area contributed by atoms with Crippen LogP contribution in [0.5, 0.6) is 0 Å². The Labute approximate surface area is 41.5 Å². The van der Waals surface area contributed by atoms with Crippen LogP contribution in [0.3, 0.4) is 0 Å². The van der Waals surface area contributed by atoms with Crippen LogP contribution in [-0.2, 0) is 0 Å². The van der Waals surface area contributed by atoms with Crippen LogP contribution in [0.25, 0.3) is 0 Å². The van der Waals surface area contributed by atoms with Crippen LogP contribution in [0.1, 0.15) is 0 Å². The molecular weight excluding hydrogens is 100 g/mol. The van der Waals surface area contributed by atoms with Crippen molar-refractivity contribution in [1.29, 1.82) is 0 Å². The minimum absolute atomic E-state index is 0.913. The zero-order valence-electron chi connectivity index (χ0n) is 3.13. The first-order chi connectivity index (χ1) is 2.56. The van der Waals surface area contributed by atoms with E-state index in [1.807, 2.05) is 0 Å². The molecule has 36 valence electrons. The van der Waals surface area contributed by atoms with E-state index in [-0.39, 0.29) is 0 Å². The van der Waals surface area contributed by atoms with Gasteiger partial charge in [-0.2, -0.15) is 0 Å². The largest absolute Gasteiger partial charge is 0.354 e. The highest BCUT2D eigenvalue weighted by molar-refractivity contribution is 7.81. The Hall–Kier alpha value is 0.0100. The summed E-state index contributed by atoms with van der Waals surface area (Å²) in [5.41, 5.74) is 0. The summed E-state index contributed by atoms with van der Waals surface area (Å²) in [4.78, 5) is 0. The van der Waals surface area contributed by atoms with Crippen LogP contribution in [0, 0.1) is 0 Å². The maximum Gasteiger partial charge on any atom is 0.230 e. The van der Waals surface area contributed by atoms with Gasteiger partial charge < -0.3 is 10.2 Å². The SMILES string of the molecule is C=CC(O)(O)S. The summed E-state index contributed by atoms with van der Waals surface area (Å²) in [6.07, 6.45) is 0.913. The van der Waals surface area contributed by atoms with Crippen molar-refractivity contribution in [2.24, 2.45) is 0 Å². The van der Waals surface area contributed by atoms with Crippen molar-refractivity contribution in [2.45, 2.75) is 5.12 Å². The molecule has 0 spiro atoms. The topological polar surface area (TPSA) is 40.5 Å². The summed E-state index contributed by atoms with van der Waals surface area (Å²) in [5.74, 6) is 0. The Morgan fingerprint density at radius 3 is 1.83 bits per heavy atom. The molecule has 0 aliphatic carbocycles. The summed E-state index contributed by atoms with van der Waals surface area (Å²) in [7, 11) is 0. The van der Waals surface area contributed by atoms with Gasteiger partial charge in [-0.05, 0) is 6.08 Å². The minimum Gasteiger partial charge on any atom is -0.354 e. The maximum absolute atomic E-state index is 8.13. The average molecular weight is 106 g/mol. The van der Waals surface area contributed by atoms with Gasteiger partial charge in [-0.3, -0.25) is 0 Å². The number of rotatable bonds is 1. The van der Waals surface area contributed by atoms with Crippen LogP contribution in [0.15, 0.2) is 12.7 Å². The van der Waals surface area contributed by atoms with E-state index in [0.717, 1.165) is 6.08 Å². The lowest BCUT2D eigenvalue weighted by molar-refractivity contribution is -0.0305. The Bertz CT molecular complexity index is 54.3. The van der Waals surface area contributed by atoms with Gasteiger partial charge in [0.05, 0.1) is 0 Å². The van der Waals surface area contributed by atoms with Crippen molar-refractivity contribution in [3.05, 3.63) is 12.7 Å². The van der Waals surface area contributed by atoms with Gasteiger partial charge in [0, 0.05) is 0 Å². The van der Waals surface area contributed by atoms with E-state index in [2.05, 4.69) is 19.2 Å². The molecule has 0 amide bonds. The third-order valence-corrected chi connectivity index (χ3v) is 0.456. The van der Waals surface area contributed by atoms with Gasteiger partial charge in [-0.1, -0.05) is 6.58 Å². The molecular formula is C3H6O2S. The molecule has 0 rings (SSSR count). The molecule has 6 heavy (non-hydrogen) atoms. The molecule has 0 unspecified atom stereocenters. The monoisotopic (exact) mass is 106 g/mol. The van der Waals surface area contributed by atoms with E-state index in [9.17, 15) is 0 Å². The molecule has 0 aliphatic heterocycles. The standard InChI is InChI=1S/C3H6O2S/c1-2-3(4,5)6/h2,4-6H,1H2. The van der Waals surface area contributed by atoms with Crippen LogP contribution in [-0.4, -0.2) is 15.3 Å². The van der Waals surface area contributed by atoms with Gasteiger partial charge in [-0.15, -0.1) is 12.6 Å². The summed E-state index contributed by atoms with van der Waals surface area (Å²) >= 11 is 3.25. The zero-order chi connectivity index (χ0) is 5.21. The summed E-state index contributed by atoms with van der Waals surface area (Å²) in [5, 5.41) is 14.3. The Kier molecular flexibility index (Phi) is 1.64. The number of aliphatic hydroxyl groups is 2. The molecule has 2 N–H and O–H groups in total. The lowest BCUT2D eigenvalue weighted by Crippen LogP contribution is -2.13. The molecule has 0 aromatic carbocycles. The maximum atomic E-state index is 8.13. The molecule has 0 radical (unpaired) electrons. The minimum atomic E-state index is -2.00. The summed E-state index contributed by atoms with van der Waals surface area (Å²) in [6.45, 7) is 3.06. The second kappa shape index (κ2) is 1.64. The van der Waals surface area contributed by atoms with E-state index in [1.54, 1.807) is 0 Å². The molecule has 0 saturated heterocycles. The molecule has 0 fully saturated rings. The number of hydrogen-bond acceptors (Lipinski definition) is 3. The molecule has 0 atom stereocenters. The first-order valence-electron chi connectivity index (χ1n) is 1.37. The predicted octanol–water partition coefficient (Wildman–Crippen LogP) is -0.259. The molecule has 0 heterocycles. The third-order valence-electron chi connectivity index (χ3n) is 0.274. The van der Waals surface area contributed by atoms with Crippen molar-refractivity contribution >= 4 is 12.6 Å². The third kappa shape index (κ3) is 4.01. The number of thiol groups is 1. The van der Waals surface area contributed by atoms with Gasteiger partial charge in [0.1, 0.15) is 0 Å². The smallest absolute Gasteiger partial charge is 0.230 e. The van der Waals surface area contributed by atoms with Crippen molar-refractivity contribution in [3.63, 3.8) is 0 Å². The first kappa shape index (κ1) is 6.01. The summed E-state index contributed by atoms with van der Waals surface area (Å²) in [6, 6.07) is 0. The molecule has 0 aromatic heterocycles. The summed E-state index contributed by atoms with van der Waals surface area (Å²) < 4.78 is 0. The highest BCUT2D eigenvalue weighted by atomic mass is 32.1. The van der Waals surface area contributed by atoms with E-state index < -0.39 is 5.12 Å². The Morgan fingerprint density at radius 2 is 1.83 bits per heavy atom. The fraction of sp³-hybridized carbons (Fsp3) is 0.333. The lowest BCUT2D eigenvalue weighted by Gasteiger charge is -2.04. The highest BCUT2D eigenvalue weighted by Crippen LogP contribution is 2.02. The van der Waals surface area contributed by atoms with Crippen molar-refractivity contribution < 1.29 is 10.2 Å². The van der Waals surface area contributed by atoms with Gasteiger partial charge in [-0.25, -0.2) is 0 Å². The van der Waals surface area contributed by atoms with E-state index >= 15 is 0 Å². The fourth-order valence-corrected chi connectivity index (χ4v) is 0. The average Bonchev–Trinajstić information content (AvgIpc) is 1.35. The normalized spacial score (nSPS) is 11.2. The van der Waals surface area contributed by atoms with Gasteiger partial charge in [0.25, 0.3) is 0 Å². The molecule has 0 aliphatic rings. The predicted molar refractivity (Wildman–Crippen MR) is 26.4 cm³/mol. The van der Waals surface area contributed by atoms with Crippen LogP contribution in [0.2, 0.25) is 0 Å². The van der Waals surface area contributed by atoms with Gasteiger partial charge in [0.2, 0.25) is 5.12 Å². The van der Waals surface area contributed by atoms with E-state index in [0.29, 0.717) is 0 Å². The van der Waals surface area contributed by atoms with Gasteiger partial charge >= 0.3 is 0 Å². The second-order valence-corrected chi connectivity index (χ2v) is 1.55. The van der Waals surface area contributed by atoms with Crippen LogP contribution < -0.4 is 0 Å². The van der Waals surface area contributed by atoms with Crippen molar-refractivity contribution in [2.75, 3.05) is 0 Å². The number of hydrogen-bond donors (Lipinski definition) is 3. The molecule has 3 heteroatoms. The first-order valence-corrected chi connectivity index (χ1v) is 1.81. The Morgan fingerprint density at radius 1 is 1.67 bits per heavy atom. The second-order valence-electron chi connectivity index (χ2n) is 0.891. The Balaban J connectivity index is 3.45. The zero-order valence-corrected chi connectivity index (χ0v) is 4.02. The van der Waals surface area contributed by atoms with Crippen molar-refractivity contribution in [3.8, 4) is 0 Å². The quantitative estimate of drug-likeness (QED) is 0.245. The van der Waals surface area contributed by atoms with Crippen LogP contribution >= 0.6 is 12.6 Å². The van der Waals surface area contributed by atoms with E-state index in [4.69, 9.17) is 10.2 Å². The highest BCUT2D eigenvalue weighted by Gasteiger charge is 2.06. The van der Waals surface area contributed by atoms with Crippen LogP contribution in [0.4, 0.5) is 0 Å². The molecule has 0 bridgehead atoms. The lowest BCUT2D eigenvalue weighted by atomic mass is 10.6. The molecule has 0 aromatic rings. The van der Waals surface area contributed by atoms with Gasteiger partial charge in [0.15, 0.2) is 0 Å².